The lowest BCUT2D eigenvalue weighted by Crippen LogP contribution is -2.49. The van der Waals surface area contributed by atoms with Crippen molar-refractivity contribution in [2.75, 3.05) is 19.6 Å². The summed E-state index contributed by atoms with van der Waals surface area (Å²) in [6.07, 6.45) is 2.40. The molecular formula is C27H26FN5O5S. The van der Waals surface area contributed by atoms with Crippen LogP contribution in [-0.2, 0) is 10.5 Å². The van der Waals surface area contributed by atoms with Crippen molar-refractivity contribution in [3.8, 4) is 0 Å². The minimum Gasteiger partial charge on any atom is -0.478 e. The van der Waals surface area contributed by atoms with Crippen LogP contribution in [0, 0.1) is 5.82 Å². The van der Waals surface area contributed by atoms with Crippen molar-refractivity contribution in [3.63, 3.8) is 0 Å². The molecule has 2 aromatic carbocycles. The molecule has 1 aromatic heterocycles. The number of carbonyl (C=O) groups excluding carboxylic acids is 3. The van der Waals surface area contributed by atoms with Crippen LogP contribution in [0.2, 0.25) is 0 Å². The van der Waals surface area contributed by atoms with Crippen LogP contribution in [0.4, 0.5) is 9.18 Å². The third-order valence-electron chi connectivity index (χ3n) is 6.81. The number of aromatic nitrogens is 3. The number of aromatic carboxylic acids is 1. The summed E-state index contributed by atoms with van der Waals surface area (Å²) in [7, 11) is 0. The van der Waals surface area contributed by atoms with E-state index in [0.29, 0.717) is 31.1 Å². The number of urea groups is 1. The summed E-state index contributed by atoms with van der Waals surface area (Å²) in [4.78, 5) is 58.0. The van der Waals surface area contributed by atoms with Gasteiger partial charge in [-0.2, -0.15) is 4.68 Å². The van der Waals surface area contributed by atoms with Crippen LogP contribution in [0.25, 0.3) is 0 Å². The van der Waals surface area contributed by atoms with Gasteiger partial charge in [0, 0.05) is 43.3 Å². The Kier molecular flexibility index (Phi) is 7.73. The fraction of sp³-hybridized carbons (Fsp3) is 0.333. The Labute approximate surface area is 227 Å². The van der Waals surface area contributed by atoms with Gasteiger partial charge in [-0.05, 0) is 55.2 Å². The van der Waals surface area contributed by atoms with Crippen molar-refractivity contribution in [2.24, 2.45) is 0 Å². The van der Waals surface area contributed by atoms with Crippen LogP contribution in [0.3, 0.4) is 0 Å². The Morgan fingerprint density at radius 3 is 2.49 bits per heavy atom. The smallest absolute Gasteiger partial charge is 0.335 e. The van der Waals surface area contributed by atoms with Gasteiger partial charge in [-0.3, -0.25) is 14.5 Å². The lowest BCUT2D eigenvalue weighted by atomic mass is 9.97. The maximum absolute atomic E-state index is 13.5. The normalized spacial score (nSPS) is 17.5. The molecule has 1 atom stereocenters. The number of hydrogen-bond donors (Lipinski definition) is 1. The maximum atomic E-state index is 13.5. The molecule has 10 nitrogen and oxygen atoms in total. The van der Waals surface area contributed by atoms with Crippen molar-refractivity contribution in [1.29, 1.82) is 0 Å². The third kappa shape index (κ3) is 5.85. The number of likely N-dealkylation sites (tertiary alicyclic amines) is 2. The molecule has 1 N–H and O–H groups in total. The van der Waals surface area contributed by atoms with Gasteiger partial charge in [-0.25, -0.2) is 19.0 Å². The highest BCUT2D eigenvalue weighted by Crippen LogP contribution is 2.30. The number of rotatable bonds is 6. The van der Waals surface area contributed by atoms with E-state index < -0.39 is 11.9 Å². The first kappa shape index (κ1) is 26.5. The zero-order valence-corrected chi connectivity index (χ0v) is 21.8. The summed E-state index contributed by atoms with van der Waals surface area (Å²) in [5.74, 6) is -1.98. The zero-order chi connectivity index (χ0) is 27.5. The second-order valence-electron chi connectivity index (χ2n) is 9.49. The van der Waals surface area contributed by atoms with Crippen molar-refractivity contribution >= 4 is 35.6 Å². The molecule has 3 heterocycles. The molecule has 0 aliphatic carbocycles. The molecule has 1 unspecified atom stereocenters. The largest absolute Gasteiger partial charge is 0.478 e. The number of piperidine rings is 1. The molecule has 0 bridgehead atoms. The first-order valence-electron chi connectivity index (χ1n) is 12.6. The van der Waals surface area contributed by atoms with E-state index in [1.165, 1.54) is 53.1 Å². The van der Waals surface area contributed by atoms with Crippen LogP contribution in [0.15, 0.2) is 53.7 Å². The zero-order valence-electron chi connectivity index (χ0n) is 21.0. The Morgan fingerprint density at radius 2 is 1.77 bits per heavy atom. The van der Waals surface area contributed by atoms with Crippen molar-refractivity contribution in [2.45, 2.75) is 42.5 Å². The number of thioether (sulfide) groups is 1. The van der Waals surface area contributed by atoms with E-state index in [9.17, 15) is 28.7 Å². The van der Waals surface area contributed by atoms with Gasteiger partial charge in [0.15, 0.2) is 11.0 Å². The number of carbonyl (C=O) groups is 4. The van der Waals surface area contributed by atoms with Gasteiger partial charge in [0.25, 0.3) is 5.91 Å². The Morgan fingerprint density at radius 1 is 1.05 bits per heavy atom. The number of hydrogen-bond acceptors (Lipinski definition) is 7. The lowest BCUT2D eigenvalue weighted by Gasteiger charge is -2.32. The molecule has 0 saturated carbocycles. The number of halogens is 1. The number of imide groups is 1. The Balaban J connectivity index is 1.43. The highest BCUT2D eigenvalue weighted by Gasteiger charge is 2.36. The van der Waals surface area contributed by atoms with Crippen LogP contribution in [-0.4, -0.2) is 73.1 Å². The summed E-state index contributed by atoms with van der Waals surface area (Å²) in [5, 5.41) is 14.1. The molecule has 2 aliphatic heterocycles. The lowest BCUT2D eigenvalue weighted by molar-refractivity contribution is -0.131. The first-order valence-corrected chi connectivity index (χ1v) is 13.6. The molecule has 39 heavy (non-hydrogen) atoms. The molecule has 3 aromatic rings. The molecule has 2 aliphatic rings. The van der Waals surface area contributed by atoms with Crippen molar-refractivity contribution < 1.29 is 28.7 Å². The number of nitrogens with zero attached hydrogens (tertiary/aromatic N) is 5. The Bertz CT molecular complexity index is 1420. The molecule has 0 spiro atoms. The molecule has 0 radical (unpaired) electrons. The predicted octanol–water partition coefficient (Wildman–Crippen LogP) is 4.02. The number of carboxylic acid groups (broad SMARTS) is 1. The summed E-state index contributed by atoms with van der Waals surface area (Å²) in [6, 6.07) is 11.3. The molecule has 2 saturated heterocycles. The summed E-state index contributed by atoms with van der Waals surface area (Å²) >= 11 is 1.23. The van der Waals surface area contributed by atoms with Crippen molar-refractivity contribution in [3.05, 3.63) is 76.9 Å². The average Bonchev–Trinajstić information content (AvgIpc) is 3.63. The van der Waals surface area contributed by atoms with Gasteiger partial charge in [0.05, 0.1) is 5.56 Å². The Hall–Kier alpha value is -4.06. The quantitative estimate of drug-likeness (QED) is 0.456. The highest BCUT2D eigenvalue weighted by atomic mass is 32.2. The number of amides is 3. The van der Waals surface area contributed by atoms with E-state index in [1.54, 1.807) is 17.0 Å². The van der Waals surface area contributed by atoms with Gasteiger partial charge < -0.3 is 10.0 Å². The molecule has 3 amide bonds. The van der Waals surface area contributed by atoms with Gasteiger partial charge >= 0.3 is 12.0 Å². The van der Waals surface area contributed by atoms with E-state index in [4.69, 9.17) is 0 Å². The van der Waals surface area contributed by atoms with E-state index in [-0.39, 0.29) is 52.9 Å². The summed E-state index contributed by atoms with van der Waals surface area (Å²) < 4.78 is 14.5. The number of benzene rings is 2. The first-order chi connectivity index (χ1) is 18.8. The predicted molar refractivity (Wildman–Crippen MR) is 139 cm³/mol. The fourth-order valence-electron chi connectivity index (χ4n) is 4.67. The molecule has 202 valence electrons. The standard InChI is InChI=1S/C27H26FN5O5S/c28-21-9-6-17(7-10-21)16-39-26-29-23(30-33(26)24(35)18-4-3-5-19(14-18)25(36)37)20-8-11-22(34)32(15-20)27(38)31-12-1-2-13-31/h3-7,9-10,14,20H,1-2,8,11-13,15-16H2,(H,36,37). The minimum atomic E-state index is -1.16. The molecule has 5 rings (SSSR count). The van der Waals surface area contributed by atoms with E-state index >= 15 is 0 Å². The van der Waals surface area contributed by atoms with Gasteiger partial charge in [-0.1, -0.05) is 30.0 Å². The van der Waals surface area contributed by atoms with Gasteiger partial charge in [0.1, 0.15) is 5.82 Å². The topological polar surface area (TPSA) is 126 Å². The summed E-state index contributed by atoms with van der Waals surface area (Å²) in [6.45, 7) is 1.35. The van der Waals surface area contributed by atoms with E-state index in [0.717, 1.165) is 23.1 Å². The van der Waals surface area contributed by atoms with Crippen LogP contribution in [0.1, 0.15) is 63.7 Å². The second-order valence-corrected chi connectivity index (χ2v) is 10.4. The minimum absolute atomic E-state index is 0.0384. The van der Waals surface area contributed by atoms with Crippen LogP contribution in [0.5, 0.6) is 0 Å². The molecular weight excluding hydrogens is 525 g/mol. The molecule has 2 fully saturated rings. The monoisotopic (exact) mass is 551 g/mol. The van der Waals surface area contributed by atoms with Crippen LogP contribution >= 0.6 is 11.8 Å². The highest BCUT2D eigenvalue weighted by molar-refractivity contribution is 7.98. The van der Waals surface area contributed by atoms with Crippen molar-refractivity contribution in [1.82, 2.24) is 24.6 Å². The van der Waals surface area contributed by atoms with Gasteiger partial charge in [0.2, 0.25) is 5.91 Å². The SMILES string of the molecule is O=C(O)c1cccc(C(=O)n2nc(C3CCC(=O)N(C(=O)N4CCCC4)C3)nc2SCc2ccc(F)cc2)c1. The number of carboxylic acids is 1. The van der Waals surface area contributed by atoms with Gasteiger partial charge in [-0.15, -0.1) is 5.10 Å². The third-order valence-corrected chi connectivity index (χ3v) is 7.81. The molecule has 12 heteroatoms. The average molecular weight is 552 g/mol. The summed E-state index contributed by atoms with van der Waals surface area (Å²) in [5.41, 5.74) is 0.895. The van der Waals surface area contributed by atoms with E-state index in [1.807, 2.05) is 0 Å². The van der Waals surface area contributed by atoms with E-state index in [2.05, 4.69) is 10.1 Å². The van der Waals surface area contributed by atoms with Crippen LogP contribution < -0.4 is 0 Å². The maximum Gasteiger partial charge on any atom is 0.335 e. The second kappa shape index (κ2) is 11.4. The fourth-order valence-corrected chi connectivity index (χ4v) is 5.56.